The standard InChI is InChI=1S/C51H86N6O2/c1-16-52(17-2)45(58)54(43-32-48(8,9)56(49(10,11)33-43)37-41-26-22-20-23-27-41)36-40(5)30-31-47(6,7)39-55(46(59)53(18-3)19-4)44-34-50(12,13)57(51(14,15)35-44)38-42-28-24-21-25-29-42/h20-29,40,43-44H,16-19,30-39H2,1-15H3. The van der Waals surface area contributed by atoms with Crippen molar-refractivity contribution in [2.75, 3.05) is 39.3 Å². The molecule has 2 saturated heterocycles. The number of carbonyl (C=O) groups excluding carboxylic acids is 2. The largest absolute Gasteiger partial charge is 0.325 e. The van der Waals surface area contributed by atoms with Crippen LogP contribution in [0, 0.1) is 11.3 Å². The van der Waals surface area contributed by atoms with Crippen molar-refractivity contribution in [3.8, 4) is 0 Å². The second kappa shape index (κ2) is 19.7. The zero-order chi connectivity index (χ0) is 44.0. The van der Waals surface area contributed by atoms with Crippen molar-refractivity contribution < 1.29 is 9.59 Å². The number of piperidine rings is 2. The first-order valence-electron chi connectivity index (χ1n) is 23.2. The van der Waals surface area contributed by atoms with Gasteiger partial charge < -0.3 is 19.6 Å². The Hall–Kier alpha value is -3.10. The molecule has 4 rings (SSSR count). The number of nitrogens with zero attached hydrogens (tertiary/aromatic N) is 6. The molecule has 2 aliphatic heterocycles. The predicted molar refractivity (Wildman–Crippen MR) is 249 cm³/mol. The summed E-state index contributed by atoms with van der Waals surface area (Å²) in [4.78, 5) is 42.9. The molecule has 8 heteroatoms. The van der Waals surface area contributed by atoms with E-state index in [1.165, 1.54) is 11.1 Å². The van der Waals surface area contributed by atoms with E-state index < -0.39 is 0 Å². The topological polar surface area (TPSA) is 53.6 Å². The summed E-state index contributed by atoms with van der Waals surface area (Å²) in [5, 5.41) is 0. The second-order valence-corrected chi connectivity index (χ2v) is 21.5. The van der Waals surface area contributed by atoms with E-state index in [1.807, 2.05) is 9.80 Å². The smallest absolute Gasteiger partial charge is 0.320 e. The maximum absolute atomic E-state index is 14.5. The number of urea groups is 2. The van der Waals surface area contributed by atoms with E-state index in [0.29, 0.717) is 32.1 Å². The highest BCUT2D eigenvalue weighted by atomic mass is 16.2. The van der Waals surface area contributed by atoms with Gasteiger partial charge in [0.15, 0.2) is 0 Å². The maximum Gasteiger partial charge on any atom is 0.320 e. The summed E-state index contributed by atoms with van der Waals surface area (Å²) in [6, 6.07) is 22.3. The van der Waals surface area contributed by atoms with Crippen LogP contribution in [0.4, 0.5) is 9.59 Å². The third kappa shape index (κ3) is 12.3. The van der Waals surface area contributed by atoms with Crippen molar-refractivity contribution in [1.29, 1.82) is 0 Å². The first-order chi connectivity index (χ1) is 27.5. The Morgan fingerprint density at radius 2 is 0.949 bits per heavy atom. The third-order valence-corrected chi connectivity index (χ3v) is 14.1. The van der Waals surface area contributed by atoms with E-state index in [1.54, 1.807) is 0 Å². The predicted octanol–water partition coefficient (Wildman–Crippen LogP) is 11.4. The van der Waals surface area contributed by atoms with Gasteiger partial charge in [-0.1, -0.05) is 81.4 Å². The monoisotopic (exact) mass is 815 g/mol. The molecule has 0 N–H and O–H groups in total. The molecule has 2 fully saturated rings. The SMILES string of the molecule is CCN(CC)C(=O)N(CC(C)CCC(C)(C)CN(C(=O)N(CC)CC)C1CC(C)(C)N(Cc2ccccc2)C(C)(C)C1)C1CC(C)(C)N(Cc2ccccc2)C(C)(C)C1. The fourth-order valence-electron chi connectivity index (χ4n) is 11.1. The Morgan fingerprint density at radius 3 is 1.31 bits per heavy atom. The molecule has 59 heavy (non-hydrogen) atoms. The zero-order valence-corrected chi connectivity index (χ0v) is 40.4. The van der Waals surface area contributed by atoms with E-state index in [-0.39, 0.29) is 51.7 Å². The molecule has 332 valence electrons. The normalized spacial score (nSPS) is 20.2. The molecule has 4 amide bonds. The lowest BCUT2D eigenvalue weighted by molar-refractivity contribution is -0.0705. The highest BCUT2D eigenvalue weighted by Gasteiger charge is 2.50. The number of benzene rings is 2. The van der Waals surface area contributed by atoms with E-state index in [2.05, 4.69) is 184 Å². The summed E-state index contributed by atoms with van der Waals surface area (Å²) in [5.74, 6) is 0.313. The number of hydrogen-bond donors (Lipinski definition) is 0. The minimum atomic E-state index is -0.104. The fraction of sp³-hybridized carbons (Fsp3) is 0.725. The molecule has 2 aromatic carbocycles. The van der Waals surface area contributed by atoms with Crippen LogP contribution in [0.15, 0.2) is 60.7 Å². The van der Waals surface area contributed by atoms with Gasteiger partial charge in [-0.05, 0) is 144 Å². The molecule has 1 unspecified atom stereocenters. The van der Waals surface area contributed by atoms with Crippen LogP contribution < -0.4 is 0 Å². The minimum Gasteiger partial charge on any atom is -0.325 e. The fourth-order valence-corrected chi connectivity index (χ4v) is 11.1. The lowest BCUT2D eigenvalue weighted by atomic mass is 9.75. The van der Waals surface area contributed by atoms with Crippen molar-refractivity contribution >= 4 is 12.1 Å². The number of hydrogen-bond acceptors (Lipinski definition) is 4. The molecular weight excluding hydrogens is 729 g/mol. The second-order valence-electron chi connectivity index (χ2n) is 21.5. The van der Waals surface area contributed by atoms with Crippen molar-refractivity contribution in [2.24, 2.45) is 11.3 Å². The van der Waals surface area contributed by atoms with Gasteiger partial charge >= 0.3 is 12.1 Å². The summed E-state index contributed by atoms with van der Waals surface area (Å²) < 4.78 is 0. The number of amides is 4. The Balaban J connectivity index is 1.53. The first-order valence-corrected chi connectivity index (χ1v) is 23.2. The molecule has 0 aromatic heterocycles. The van der Waals surface area contributed by atoms with E-state index >= 15 is 0 Å². The molecule has 8 nitrogen and oxygen atoms in total. The van der Waals surface area contributed by atoms with Crippen molar-refractivity contribution in [1.82, 2.24) is 29.4 Å². The number of likely N-dealkylation sites (tertiary alicyclic amines) is 2. The molecule has 2 aliphatic rings. The summed E-state index contributed by atoms with van der Waals surface area (Å²) in [6.45, 7) is 40.5. The lowest BCUT2D eigenvalue weighted by Crippen LogP contribution is -2.65. The van der Waals surface area contributed by atoms with Crippen molar-refractivity contribution in [3.63, 3.8) is 0 Å². The van der Waals surface area contributed by atoms with Crippen LogP contribution in [-0.4, -0.2) is 115 Å². The zero-order valence-electron chi connectivity index (χ0n) is 40.4. The van der Waals surface area contributed by atoms with E-state index in [9.17, 15) is 9.59 Å². The molecular formula is C51H86N6O2. The molecule has 2 heterocycles. The molecule has 0 radical (unpaired) electrons. The highest BCUT2D eigenvalue weighted by Crippen LogP contribution is 2.44. The highest BCUT2D eigenvalue weighted by molar-refractivity contribution is 5.75. The van der Waals surface area contributed by atoms with Crippen LogP contribution in [-0.2, 0) is 13.1 Å². The Labute approximate surface area is 362 Å². The van der Waals surface area contributed by atoms with Gasteiger partial charge in [-0.2, -0.15) is 0 Å². The number of carbonyl (C=O) groups is 2. The van der Waals surface area contributed by atoms with Gasteiger partial charge in [-0.3, -0.25) is 9.80 Å². The van der Waals surface area contributed by atoms with E-state index in [0.717, 1.165) is 64.7 Å². The van der Waals surface area contributed by atoms with Gasteiger partial charge in [0, 0.05) is 86.6 Å². The van der Waals surface area contributed by atoms with Gasteiger partial charge in [0.05, 0.1) is 0 Å². The average molecular weight is 815 g/mol. The number of rotatable bonds is 17. The Kier molecular flexibility index (Phi) is 16.2. The minimum absolute atomic E-state index is 0.0863. The molecule has 0 bridgehead atoms. The first kappa shape index (κ1) is 48.6. The van der Waals surface area contributed by atoms with Crippen LogP contribution in [0.25, 0.3) is 0 Å². The van der Waals surface area contributed by atoms with Gasteiger partial charge in [0.1, 0.15) is 0 Å². The maximum atomic E-state index is 14.5. The van der Waals surface area contributed by atoms with E-state index in [4.69, 9.17) is 0 Å². The third-order valence-electron chi connectivity index (χ3n) is 14.1. The van der Waals surface area contributed by atoms with Gasteiger partial charge in [-0.15, -0.1) is 0 Å². The van der Waals surface area contributed by atoms with Crippen molar-refractivity contribution in [3.05, 3.63) is 71.8 Å². The van der Waals surface area contributed by atoms with Crippen LogP contribution in [0.1, 0.15) is 154 Å². The van der Waals surface area contributed by atoms with Crippen LogP contribution >= 0.6 is 0 Å². The Bertz CT molecular complexity index is 1580. The Morgan fingerprint density at radius 1 is 0.610 bits per heavy atom. The van der Waals surface area contributed by atoms with Crippen LogP contribution in [0.5, 0.6) is 0 Å². The van der Waals surface area contributed by atoms with Gasteiger partial charge in [-0.25, -0.2) is 9.59 Å². The summed E-state index contributed by atoms with van der Waals surface area (Å²) in [7, 11) is 0. The van der Waals surface area contributed by atoms with Crippen molar-refractivity contribution in [2.45, 2.75) is 190 Å². The molecule has 0 aliphatic carbocycles. The molecule has 1 atom stereocenters. The molecule has 0 saturated carbocycles. The van der Waals surface area contributed by atoms with Crippen LogP contribution in [0.3, 0.4) is 0 Å². The average Bonchev–Trinajstić information content (AvgIpc) is 3.16. The summed E-state index contributed by atoms with van der Waals surface area (Å²) in [5.41, 5.74) is 2.20. The van der Waals surface area contributed by atoms with Crippen LogP contribution in [0.2, 0.25) is 0 Å². The van der Waals surface area contributed by atoms with Gasteiger partial charge in [0.25, 0.3) is 0 Å². The summed E-state index contributed by atoms with van der Waals surface area (Å²) >= 11 is 0. The lowest BCUT2D eigenvalue weighted by Gasteiger charge is -2.58. The summed E-state index contributed by atoms with van der Waals surface area (Å²) in [6.07, 6.45) is 5.72. The molecule has 0 spiro atoms. The molecule has 2 aromatic rings. The quantitative estimate of drug-likeness (QED) is 0.160. The van der Waals surface area contributed by atoms with Gasteiger partial charge in [0.2, 0.25) is 0 Å².